The number of nitrogens with zero attached hydrogens (tertiary/aromatic N) is 3. The second-order valence-corrected chi connectivity index (χ2v) is 6.00. The number of hydrogen-bond acceptors (Lipinski definition) is 4. The van der Waals surface area contributed by atoms with E-state index in [9.17, 15) is 4.79 Å². The van der Waals surface area contributed by atoms with Crippen molar-refractivity contribution in [2.24, 2.45) is 0 Å². The Bertz CT molecular complexity index is 597. The van der Waals surface area contributed by atoms with Crippen molar-refractivity contribution in [3.8, 4) is 6.07 Å². The van der Waals surface area contributed by atoms with Crippen molar-refractivity contribution in [3.05, 3.63) is 41.5 Å². The summed E-state index contributed by atoms with van der Waals surface area (Å²) in [5.74, 6) is -0.103. The van der Waals surface area contributed by atoms with Crippen LogP contribution in [0.1, 0.15) is 18.1 Å². The molecule has 1 fully saturated rings. The van der Waals surface area contributed by atoms with Crippen LogP contribution < -0.4 is 5.32 Å². The number of nitrogens with one attached hydrogen (secondary N) is 1. The predicted octanol–water partition coefficient (Wildman–Crippen LogP) is 1.32. The molecular weight excluding hydrogens is 288 g/mol. The Balaban J connectivity index is 1.78. The van der Waals surface area contributed by atoms with Gasteiger partial charge in [0, 0.05) is 44.8 Å². The van der Waals surface area contributed by atoms with Gasteiger partial charge in [-0.25, -0.2) is 0 Å². The second-order valence-electron chi connectivity index (χ2n) is 6.00. The molecule has 1 atom stereocenters. The summed E-state index contributed by atoms with van der Waals surface area (Å²) in [6.07, 6.45) is 3.25. The van der Waals surface area contributed by atoms with Gasteiger partial charge in [0.25, 0.3) is 0 Å². The highest BCUT2D eigenvalue weighted by Gasteiger charge is 2.18. The Hall–Kier alpha value is -2.16. The summed E-state index contributed by atoms with van der Waals surface area (Å²) in [5, 5.41) is 11.8. The average molecular weight is 312 g/mol. The first kappa shape index (κ1) is 17.2. The zero-order chi connectivity index (χ0) is 16.7. The maximum Gasteiger partial charge on any atom is 0.244 e. The quantitative estimate of drug-likeness (QED) is 0.833. The van der Waals surface area contributed by atoms with Crippen molar-refractivity contribution in [1.82, 2.24) is 15.1 Å². The summed E-state index contributed by atoms with van der Waals surface area (Å²) in [5.41, 5.74) is 1.45. The Kier molecular flexibility index (Phi) is 6.33. The smallest absolute Gasteiger partial charge is 0.244 e. The monoisotopic (exact) mass is 312 g/mol. The lowest BCUT2D eigenvalue weighted by atomic mass is 10.1. The first-order valence-corrected chi connectivity index (χ1v) is 7.97. The molecule has 23 heavy (non-hydrogen) atoms. The Morgan fingerprint density at radius 3 is 2.83 bits per heavy atom. The number of rotatable bonds is 5. The zero-order valence-electron chi connectivity index (χ0n) is 13.8. The van der Waals surface area contributed by atoms with Crippen LogP contribution in [0.2, 0.25) is 0 Å². The van der Waals surface area contributed by atoms with Gasteiger partial charge in [0.2, 0.25) is 5.91 Å². The second kappa shape index (κ2) is 8.47. The summed E-state index contributed by atoms with van der Waals surface area (Å²) in [6, 6.07) is 9.62. The lowest BCUT2D eigenvalue weighted by Crippen LogP contribution is -2.51. The number of nitriles is 1. The molecule has 5 heteroatoms. The van der Waals surface area contributed by atoms with Gasteiger partial charge in [0.1, 0.15) is 0 Å². The molecule has 0 bridgehead atoms. The molecule has 2 rings (SSSR count). The van der Waals surface area contributed by atoms with Gasteiger partial charge in [-0.15, -0.1) is 0 Å². The topological polar surface area (TPSA) is 59.4 Å². The lowest BCUT2D eigenvalue weighted by Gasteiger charge is -2.36. The van der Waals surface area contributed by atoms with E-state index < -0.39 is 0 Å². The van der Waals surface area contributed by atoms with Gasteiger partial charge < -0.3 is 10.2 Å². The van der Waals surface area contributed by atoms with E-state index in [1.165, 1.54) is 6.08 Å². The molecule has 1 amide bonds. The highest BCUT2D eigenvalue weighted by Crippen LogP contribution is 2.06. The highest BCUT2D eigenvalue weighted by molar-refractivity contribution is 5.91. The third-order valence-electron chi connectivity index (χ3n) is 4.18. The van der Waals surface area contributed by atoms with Gasteiger partial charge in [0.05, 0.1) is 11.6 Å². The summed E-state index contributed by atoms with van der Waals surface area (Å²) in [7, 11) is 2.13. The van der Waals surface area contributed by atoms with Crippen LogP contribution in [-0.4, -0.2) is 61.5 Å². The molecule has 1 aromatic rings. The average Bonchev–Trinajstić information content (AvgIpc) is 2.58. The molecule has 1 saturated heterocycles. The fourth-order valence-electron chi connectivity index (χ4n) is 2.58. The standard InChI is InChI=1S/C18H24N4O/c1-15(22-10-8-21(2)9-11-22)14-20-18(23)7-6-16-4-3-5-17(12-16)13-19/h3-7,12,15H,8-11,14H2,1-2H3,(H,20,23). The summed E-state index contributed by atoms with van der Waals surface area (Å²) >= 11 is 0. The van der Waals surface area contributed by atoms with Crippen molar-refractivity contribution >= 4 is 12.0 Å². The Labute approximate surface area is 138 Å². The van der Waals surface area contributed by atoms with Crippen LogP contribution in [0, 0.1) is 11.3 Å². The molecule has 0 aromatic heterocycles. The van der Waals surface area contributed by atoms with Crippen LogP contribution in [0.3, 0.4) is 0 Å². The Morgan fingerprint density at radius 1 is 1.39 bits per heavy atom. The largest absolute Gasteiger partial charge is 0.351 e. The molecule has 1 aliphatic heterocycles. The van der Waals surface area contributed by atoms with E-state index in [4.69, 9.17) is 5.26 Å². The van der Waals surface area contributed by atoms with E-state index in [0.717, 1.165) is 31.7 Å². The van der Waals surface area contributed by atoms with E-state index in [-0.39, 0.29) is 5.91 Å². The maximum absolute atomic E-state index is 11.9. The number of hydrogen-bond donors (Lipinski definition) is 1. The minimum absolute atomic E-state index is 0.103. The van der Waals surface area contributed by atoms with Crippen LogP contribution >= 0.6 is 0 Å². The van der Waals surface area contributed by atoms with E-state index in [1.807, 2.05) is 12.1 Å². The van der Waals surface area contributed by atoms with Gasteiger partial charge in [-0.3, -0.25) is 9.69 Å². The van der Waals surface area contributed by atoms with Gasteiger partial charge in [-0.05, 0) is 37.7 Å². The fourth-order valence-corrected chi connectivity index (χ4v) is 2.58. The van der Waals surface area contributed by atoms with Gasteiger partial charge in [-0.2, -0.15) is 5.26 Å². The number of piperazine rings is 1. The van der Waals surface area contributed by atoms with E-state index in [2.05, 4.69) is 35.2 Å². The van der Waals surface area contributed by atoms with Crippen molar-refractivity contribution < 1.29 is 4.79 Å². The van der Waals surface area contributed by atoms with Crippen molar-refractivity contribution in [3.63, 3.8) is 0 Å². The van der Waals surface area contributed by atoms with Crippen LogP contribution in [0.25, 0.3) is 6.08 Å². The summed E-state index contributed by atoms with van der Waals surface area (Å²) in [6.45, 7) is 7.03. The first-order valence-electron chi connectivity index (χ1n) is 7.97. The lowest BCUT2D eigenvalue weighted by molar-refractivity contribution is -0.116. The minimum Gasteiger partial charge on any atom is -0.351 e. The number of amides is 1. The molecule has 0 saturated carbocycles. The van der Waals surface area contributed by atoms with Crippen molar-refractivity contribution in [2.45, 2.75) is 13.0 Å². The van der Waals surface area contributed by atoms with Gasteiger partial charge in [0.15, 0.2) is 0 Å². The summed E-state index contributed by atoms with van der Waals surface area (Å²) in [4.78, 5) is 16.6. The minimum atomic E-state index is -0.103. The molecule has 1 aromatic carbocycles. The van der Waals surface area contributed by atoms with Gasteiger partial charge >= 0.3 is 0 Å². The molecule has 1 N–H and O–H groups in total. The molecule has 5 nitrogen and oxygen atoms in total. The van der Waals surface area contributed by atoms with E-state index in [0.29, 0.717) is 18.2 Å². The molecule has 1 aliphatic rings. The number of likely N-dealkylation sites (N-methyl/N-ethyl adjacent to an activating group) is 1. The number of carbonyl (C=O) groups is 1. The Morgan fingerprint density at radius 2 is 2.13 bits per heavy atom. The molecule has 1 heterocycles. The van der Waals surface area contributed by atoms with E-state index >= 15 is 0 Å². The molecule has 1 unspecified atom stereocenters. The molecular formula is C18H24N4O. The molecule has 0 radical (unpaired) electrons. The predicted molar refractivity (Wildman–Crippen MR) is 91.7 cm³/mol. The van der Waals surface area contributed by atoms with Crippen LogP contribution in [-0.2, 0) is 4.79 Å². The molecule has 0 spiro atoms. The van der Waals surface area contributed by atoms with Crippen LogP contribution in [0.15, 0.2) is 30.3 Å². The maximum atomic E-state index is 11.9. The van der Waals surface area contributed by atoms with Crippen LogP contribution in [0.5, 0.6) is 0 Å². The fraction of sp³-hybridized carbons (Fsp3) is 0.444. The summed E-state index contributed by atoms with van der Waals surface area (Å²) < 4.78 is 0. The number of benzene rings is 1. The molecule has 0 aliphatic carbocycles. The highest BCUT2D eigenvalue weighted by atomic mass is 16.1. The normalized spacial score (nSPS) is 17.8. The third kappa shape index (κ3) is 5.51. The van der Waals surface area contributed by atoms with E-state index in [1.54, 1.807) is 18.2 Å². The zero-order valence-corrected chi connectivity index (χ0v) is 13.8. The molecule has 122 valence electrons. The van der Waals surface area contributed by atoms with Crippen LogP contribution in [0.4, 0.5) is 0 Å². The van der Waals surface area contributed by atoms with Gasteiger partial charge in [-0.1, -0.05) is 12.1 Å². The van der Waals surface area contributed by atoms with Crippen molar-refractivity contribution in [2.75, 3.05) is 39.8 Å². The number of carbonyl (C=O) groups excluding carboxylic acids is 1. The first-order chi connectivity index (χ1) is 11.1. The van der Waals surface area contributed by atoms with Crippen molar-refractivity contribution in [1.29, 1.82) is 5.26 Å². The SMILES string of the molecule is CC(CNC(=O)C=Cc1cccc(C#N)c1)N1CCN(C)CC1. The third-order valence-corrected chi connectivity index (χ3v) is 4.18.